The zero-order valence-corrected chi connectivity index (χ0v) is 10.6. The summed E-state index contributed by atoms with van der Waals surface area (Å²) in [5, 5.41) is 8.42. The van der Waals surface area contributed by atoms with Crippen LogP contribution in [0.15, 0.2) is 48.7 Å². The molecule has 0 aromatic heterocycles. The summed E-state index contributed by atoms with van der Waals surface area (Å²) in [7, 11) is 1.83. The lowest BCUT2D eigenvalue weighted by Gasteiger charge is -2.26. The van der Waals surface area contributed by atoms with Crippen molar-refractivity contribution in [1.29, 1.82) is 5.26 Å². The molecule has 0 unspecified atom stereocenters. The Bertz CT molecular complexity index is 611. The van der Waals surface area contributed by atoms with Gasteiger partial charge in [-0.3, -0.25) is 0 Å². The molecule has 0 bridgehead atoms. The summed E-state index contributed by atoms with van der Waals surface area (Å²) in [5.41, 5.74) is 2.00. The maximum Gasteiger partial charge on any atom is 0.174 e. The topological polar surface area (TPSA) is 36.3 Å². The quantitative estimate of drug-likeness (QED) is 0.833. The summed E-state index contributed by atoms with van der Waals surface area (Å²) in [5.74, 6) is -0.0483. The normalized spacial score (nSPS) is 14.1. The number of likely N-dealkylation sites (N-methyl/N-ethyl adjacent to an activating group) is 1. The van der Waals surface area contributed by atoms with Crippen LogP contribution in [0.25, 0.3) is 5.70 Å². The first kappa shape index (κ1) is 12.9. The lowest BCUT2D eigenvalue weighted by Crippen LogP contribution is -2.17. The minimum Gasteiger partial charge on any atom is -0.479 e. The van der Waals surface area contributed by atoms with E-state index >= 15 is 0 Å². The van der Waals surface area contributed by atoms with E-state index in [9.17, 15) is 4.39 Å². The summed E-state index contributed by atoms with van der Waals surface area (Å²) in [6.07, 6.45) is 5.51. The molecule has 0 amide bonds. The van der Waals surface area contributed by atoms with Gasteiger partial charge in [-0.25, -0.2) is 4.39 Å². The number of benzene rings is 1. The minimum atomic E-state index is -0.392. The molecule has 1 aromatic rings. The molecule has 0 atom stereocenters. The lowest BCUT2D eigenvalue weighted by molar-refractivity contribution is 0.365. The minimum absolute atomic E-state index is 0.0963. The smallest absolute Gasteiger partial charge is 0.174 e. The van der Waals surface area contributed by atoms with Crippen LogP contribution < -0.4 is 4.74 Å². The predicted molar refractivity (Wildman–Crippen MR) is 71.5 cm³/mol. The van der Waals surface area contributed by atoms with Gasteiger partial charge in [-0.1, -0.05) is 12.7 Å². The summed E-state index contributed by atoms with van der Waals surface area (Å²) >= 11 is 0. The highest BCUT2D eigenvalue weighted by Crippen LogP contribution is 2.29. The van der Waals surface area contributed by atoms with Crippen LogP contribution in [0.1, 0.15) is 5.56 Å². The number of nitriles is 1. The van der Waals surface area contributed by atoms with Gasteiger partial charge in [0.05, 0.1) is 5.70 Å². The van der Waals surface area contributed by atoms with Crippen LogP contribution in [0.3, 0.4) is 0 Å². The third-order valence-electron chi connectivity index (χ3n) is 2.85. The molecule has 0 fully saturated rings. The van der Waals surface area contributed by atoms with Gasteiger partial charge in [0.15, 0.2) is 6.61 Å². The number of nitrogens with zero attached hydrogens (tertiary/aromatic N) is 2. The van der Waals surface area contributed by atoms with Gasteiger partial charge in [0.25, 0.3) is 0 Å². The molecule has 2 rings (SSSR count). The van der Waals surface area contributed by atoms with E-state index in [0.29, 0.717) is 11.3 Å². The van der Waals surface area contributed by atoms with Crippen molar-refractivity contribution in [2.75, 3.05) is 13.7 Å². The third kappa shape index (κ3) is 2.66. The Kier molecular flexibility index (Phi) is 3.67. The summed E-state index contributed by atoms with van der Waals surface area (Å²) in [6.45, 7) is 3.78. The zero-order chi connectivity index (χ0) is 13.8. The van der Waals surface area contributed by atoms with Crippen molar-refractivity contribution in [3.05, 3.63) is 60.1 Å². The average molecular weight is 256 g/mol. The van der Waals surface area contributed by atoms with E-state index in [1.165, 1.54) is 6.07 Å². The number of hydrogen-bond acceptors (Lipinski definition) is 3. The SMILES string of the molecule is C=C1C=CC=C(c2ccc(OCC#N)cc2F)N1C. The molecule has 1 aliphatic heterocycles. The molecule has 19 heavy (non-hydrogen) atoms. The van der Waals surface area contributed by atoms with E-state index < -0.39 is 5.82 Å². The molecule has 0 spiro atoms. The van der Waals surface area contributed by atoms with Crippen LogP contribution in [0, 0.1) is 17.1 Å². The second-order valence-corrected chi connectivity index (χ2v) is 4.05. The monoisotopic (exact) mass is 256 g/mol. The second-order valence-electron chi connectivity index (χ2n) is 4.05. The Hall–Kier alpha value is -2.54. The highest BCUT2D eigenvalue weighted by molar-refractivity contribution is 5.70. The van der Waals surface area contributed by atoms with Crippen LogP contribution in [0.4, 0.5) is 4.39 Å². The molecule has 0 radical (unpaired) electrons. The molecule has 3 nitrogen and oxygen atoms in total. The highest BCUT2D eigenvalue weighted by Gasteiger charge is 2.15. The molecule has 0 N–H and O–H groups in total. The first-order valence-electron chi connectivity index (χ1n) is 5.74. The Labute approximate surface area is 111 Å². The number of hydrogen-bond donors (Lipinski definition) is 0. The first-order valence-corrected chi connectivity index (χ1v) is 5.74. The predicted octanol–water partition coefficient (Wildman–Crippen LogP) is 3.08. The van der Waals surface area contributed by atoms with E-state index in [4.69, 9.17) is 10.00 Å². The van der Waals surface area contributed by atoms with Crippen LogP contribution in [-0.2, 0) is 0 Å². The molecule has 0 saturated carbocycles. The molecule has 1 heterocycles. The van der Waals surface area contributed by atoms with Crippen LogP contribution in [0.5, 0.6) is 5.75 Å². The molecular weight excluding hydrogens is 243 g/mol. The fourth-order valence-electron chi connectivity index (χ4n) is 1.81. The van der Waals surface area contributed by atoms with Gasteiger partial charge in [-0.15, -0.1) is 0 Å². The van der Waals surface area contributed by atoms with Crippen molar-refractivity contribution in [2.45, 2.75) is 0 Å². The van der Waals surface area contributed by atoms with Gasteiger partial charge in [-0.2, -0.15) is 5.26 Å². The van der Waals surface area contributed by atoms with E-state index in [-0.39, 0.29) is 6.61 Å². The van der Waals surface area contributed by atoms with Crippen LogP contribution in [0.2, 0.25) is 0 Å². The number of allylic oxidation sites excluding steroid dienone is 3. The lowest BCUT2D eigenvalue weighted by atomic mass is 10.1. The zero-order valence-electron chi connectivity index (χ0n) is 10.6. The first-order chi connectivity index (χ1) is 9.13. The maximum absolute atomic E-state index is 14.1. The number of halogens is 1. The van der Waals surface area contributed by atoms with E-state index in [2.05, 4.69) is 6.58 Å². The Balaban J connectivity index is 2.31. The van der Waals surface area contributed by atoms with Crippen LogP contribution >= 0.6 is 0 Å². The van der Waals surface area contributed by atoms with Gasteiger partial charge in [-0.05, 0) is 24.3 Å². The van der Waals surface area contributed by atoms with Crippen molar-refractivity contribution in [2.24, 2.45) is 0 Å². The van der Waals surface area contributed by atoms with Crippen LogP contribution in [-0.4, -0.2) is 18.6 Å². The number of rotatable bonds is 3. The molecule has 0 saturated heterocycles. The van der Waals surface area contributed by atoms with Gasteiger partial charge in [0.2, 0.25) is 0 Å². The molecule has 1 aromatic carbocycles. The maximum atomic E-state index is 14.1. The summed E-state index contributed by atoms with van der Waals surface area (Å²) < 4.78 is 19.1. The molecule has 96 valence electrons. The third-order valence-corrected chi connectivity index (χ3v) is 2.85. The summed E-state index contributed by atoms with van der Waals surface area (Å²) in [4.78, 5) is 1.81. The van der Waals surface area contributed by atoms with Gasteiger partial charge < -0.3 is 9.64 Å². The number of ether oxygens (including phenoxy) is 1. The molecule has 4 heteroatoms. The standard InChI is InChI=1S/C15H13FN2O/c1-11-4-3-5-15(18(11)2)13-7-6-12(10-14(13)16)19-9-8-17/h3-7,10H,1,9H2,2H3. The van der Waals surface area contributed by atoms with Gasteiger partial charge >= 0.3 is 0 Å². The van der Waals surface area contributed by atoms with E-state index in [1.54, 1.807) is 12.1 Å². The summed E-state index contributed by atoms with van der Waals surface area (Å²) in [6, 6.07) is 6.40. The average Bonchev–Trinajstić information content (AvgIpc) is 2.40. The fraction of sp³-hybridized carbons (Fsp3) is 0.133. The largest absolute Gasteiger partial charge is 0.479 e. The van der Waals surface area contributed by atoms with Crippen molar-refractivity contribution < 1.29 is 9.13 Å². The highest BCUT2D eigenvalue weighted by atomic mass is 19.1. The molecule has 1 aliphatic rings. The Morgan fingerprint density at radius 2 is 2.26 bits per heavy atom. The van der Waals surface area contributed by atoms with E-state index in [0.717, 1.165) is 11.4 Å². The Morgan fingerprint density at radius 3 is 2.95 bits per heavy atom. The second kappa shape index (κ2) is 5.40. The van der Waals surface area contributed by atoms with E-state index in [1.807, 2.05) is 36.2 Å². The van der Waals surface area contributed by atoms with Crippen molar-refractivity contribution in [3.63, 3.8) is 0 Å². The van der Waals surface area contributed by atoms with Gasteiger partial charge in [0, 0.05) is 24.4 Å². The van der Waals surface area contributed by atoms with Crippen molar-refractivity contribution in [3.8, 4) is 11.8 Å². The van der Waals surface area contributed by atoms with Gasteiger partial charge in [0.1, 0.15) is 17.6 Å². The van der Waals surface area contributed by atoms with Crippen molar-refractivity contribution >= 4 is 5.70 Å². The Morgan fingerprint density at radius 1 is 1.47 bits per heavy atom. The fourth-order valence-corrected chi connectivity index (χ4v) is 1.81. The molecular formula is C15H13FN2O. The van der Waals surface area contributed by atoms with Crippen molar-refractivity contribution in [1.82, 2.24) is 4.90 Å². The molecule has 0 aliphatic carbocycles.